The number of hydrogen-bond donors (Lipinski definition) is 0. The zero-order chi connectivity index (χ0) is 36.3. The highest BCUT2D eigenvalue weighted by Crippen LogP contribution is 2.38. The average molecular weight is 710 g/mol. The van der Waals surface area contributed by atoms with Crippen LogP contribution in [0.5, 0.6) is 0 Å². The summed E-state index contributed by atoms with van der Waals surface area (Å²) in [4.78, 5) is 24.8. The maximum Gasteiger partial charge on any atom is 0.310 e. The molecule has 2 atom stereocenters. The maximum absolute atomic E-state index is 12.5. The van der Waals surface area contributed by atoms with Gasteiger partial charge in [0.05, 0.1) is 40.8 Å². The minimum atomic E-state index is -4.54. The number of esters is 1. The molecule has 0 spiro atoms. The van der Waals surface area contributed by atoms with Gasteiger partial charge in [-0.2, -0.15) is 0 Å². The number of carbonyl (C=O) groups is 1. The van der Waals surface area contributed by atoms with Gasteiger partial charge in [-0.05, 0) is 38.5 Å². The monoisotopic (exact) mass is 710 g/mol. The molecule has 0 fully saturated rings. The summed E-state index contributed by atoms with van der Waals surface area (Å²) in [6.45, 7) is 5.14. The lowest BCUT2D eigenvalue weighted by molar-refractivity contribution is -0.870. The van der Waals surface area contributed by atoms with Gasteiger partial charge in [0.25, 0.3) is 7.82 Å². The molecule has 8 nitrogen and oxygen atoms in total. The normalized spacial score (nSPS) is 14.7. The zero-order valence-corrected chi connectivity index (χ0v) is 32.8. The van der Waals surface area contributed by atoms with Crippen LogP contribution in [0.25, 0.3) is 0 Å². The van der Waals surface area contributed by atoms with Gasteiger partial charge in [-0.15, -0.1) is 0 Å². The number of rotatable bonds is 34. The second kappa shape index (κ2) is 33.3. The Morgan fingerprint density at radius 3 is 1.59 bits per heavy atom. The Labute approximate surface area is 300 Å². The van der Waals surface area contributed by atoms with Gasteiger partial charge in [-0.25, -0.2) is 0 Å². The van der Waals surface area contributed by atoms with Crippen LogP contribution in [0, 0.1) is 0 Å². The number of likely N-dealkylation sites (N-methyl/N-ethyl adjacent to an activating group) is 1. The van der Waals surface area contributed by atoms with Crippen LogP contribution in [0.1, 0.15) is 129 Å². The van der Waals surface area contributed by atoms with Gasteiger partial charge in [0.1, 0.15) is 19.3 Å². The molecule has 0 heterocycles. The second-order valence-corrected chi connectivity index (χ2v) is 15.0. The molecule has 284 valence electrons. The molecular weight excluding hydrogens is 637 g/mol. The van der Waals surface area contributed by atoms with Crippen LogP contribution in [0.3, 0.4) is 0 Å². The van der Waals surface area contributed by atoms with Crippen LogP contribution in [-0.4, -0.2) is 70.7 Å². The number of ether oxygens (including phenoxy) is 2. The van der Waals surface area contributed by atoms with Crippen molar-refractivity contribution in [3.63, 3.8) is 0 Å². The molecule has 0 N–H and O–H groups in total. The van der Waals surface area contributed by atoms with Gasteiger partial charge in [-0.1, -0.05) is 145 Å². The average Bonchev–Trinajstić information content (AvgIpc) is 3.04. The molecule has 0 aliphatic rings. The van der Waals surface area contributed by atoms with E-state index in [4.69, 9.17) is 18.5 Å². The quantitative estimate of drug-likeness (QED) is 0.0216. The SMILES string of the molecule is CC/C=C\C/C=C\C/C=C\C/C=C\C/C=C\CC(=O)OC(COCCCCCCCCCCCCCC)COP(=O)([O-])OCC[N+](C)(C)C. The van der Waals surface area contributed by atoms with Crippen molar-refractivity contribution in [1.82, 2.24) is 0 Å². The lowest BCUT2D eigenvalue weighted by Gasteiger charge is -2.28. The smallest absolute Gasteiger partial charge is 0.310 e. The number of nitrogens with zero attached hydrogens (tertiary/aromatic N) is 1. The standard InChI is InChI=1S/C40H72NO7P/c1-6-8-10-12-14-16-18-20-21-22-23-25-27-29-31-33-40(42)48-39(38-47-49(43,44)46-36-34-41(3,4)5)37-45-35-32-30-28-26-24-19-17-15-13-11-9-7-2/h8,10,14,16,20-21,23,25,29,31,39H,6-7,9,11-13,15,17-19,22,24,26-28,30,32-38H2,1-5H3/b10-8-,16-14-,21-20-,25-23-,31-29-. The molecule has 0 rings (SSSR count). The van der Waals surface area contributed by atoms with Crippen molar-refractivity contribution in [2.45, 2.75) is 136 Å². The first-order chi connectivity index (χ1) is 23.6. The maximum atomic E-state index is 12.5. The molecule has 0 radical (unpaired) electrons. The van der Waals surface area contributed by atoms with Gasteiger partial charge >= 0.3 is 5.97 Å². The summed E-state index contributed by atoms with van der Waals surface area (Å²) in [7, 11) is 1.29. The van der Waals surface area contributed by atoms with Crippen LogP contribution in [0.2, 0.25) is 0 Å². The number of carbonyl (C=O) groups excluding carboxylic acids is 1. The van der Waals surface area contributed by atoms with Crippen LogP contribution < -0.4 is 4.89 Å². The van der Waals surface area contributed by atoms with E-state index in [0.29, 0.717) is 24.1 Å². The minimum absolute atomic E-state index is 0.00820. The van der Waals surface area contributed by atoms with Gasteiger partial charge in [0, 0.05) is 6.61 Å². The van der Waals surface area contributed by atoms with Gasteiger partial charge in [0.15, 0.2) is 0 Å². The molecule has 0 aromatic rings. The van der Waals surface area contributed by atoms with E-state index in [-0.39, 0.29) is 26.2 Å². The Morgan fingerprint density at radius 2 is 1.10 bits per heavy atom. The largest absolute Gasteiger partial charge is 0.756 e. The molecule has 0 aliphatic carbocycles. The van der Waals surface area contributed by atoms with E-state index in [2.05, 4.69) is 62.5 Å². The Bertz CT molecular complexity index is 968. The predicted octanol–water partition coefficient (Wildman–Crippen LogP) is 9.97. The van der Waals surface area contributed by atoms with E-state index in [1.807, 2.05) is 27.2 Å². The fourth-order valence-corrected chi connectivity index (χ4v) is 5.41. The molecule has 0 aromatic carbocycles. The summed E-state index contributed by atoms with van der Waals surface area (Å²) in [5.74, 6) is -0.462. The topological polar surface area (TPSA) is 94.1 Å². The summed E-state index contributed by atoms with van der Waals surface area (Å²) in [6.07, 6.45) is 39.7. The van der Waals surface area contributed by atoms with Gasteiger partial charge < -0.3 is 27.9 Å². The summed E-state index contributed by atoms with van der Waals surface area (Å²) < 4.78 is 34.3. The van der Waals surface area contributed by atoms with E-state index < -0.39 is 19.9 Å². The van der Waals surface area contributed by atoms with Crippen molar-refractivity contribution in [2.24, 2.45) is 0 Å². The Kier molecular flexibility index (Phi) is 32.1. The third kappa shape index (κ3) is 37.3. The molecule has 49 heavy (non-hydrogen) atoms. The highest BCUT2D eigenvalue weighted by atomic mass is 31.2. The third-order valence-corrected chi connectivity index (χ3v) is 8.58. The predicted molar refractivity (Wildman–Crippen MR) is 203 cm³/mol. The Morgan fingerprint density at radius 1 is 0.633 bits per heavy atom. The van der Waals surface area contributed by atoms with Gasteiger partial charge in [0.2, 0.25) is 0 Å². The van der Waals surface area contributed by atoms with Crippen LogP contribution in [0.4, 0.5) is 0 Å². The van der Waals surface area contributed by atoms with Crippen molar-refractivity contribution in [2.75, 3.05) is 54.1 Å². The van der Waals surface area contributed by atoms with Crippen molar-refractivity contribution < 1.29 is 37.3 Å². The lowest BCUT2D eigenvalue weighted by Crippen LogP contribution is -2.37. The van der Waals surface area contributed by atoms with Crippen LogP contribution >= 0.6 is 7.82 Å². The number of quaternary nitrogens is 1. The van der Waals surface area contributed by atoms with E-state index in [0.717, 1.165) is 38.5 Å². The van der Waals surface area contributed by atoms with E-state index in [1.165, 1.54) is 64.2 Å². The minimum Gasteiger partial charge on any atom is -0.756 e. The first-order valence-corrected chi connectivity index (χ1v) is 20.5. The third-order valence-electron chi connectivity index (χ3n) is 7.62. The van der Waals surface area contributed by atoms with Crippen molar-refractivity contribution in [3.8, 4) is 0 Å². The van der Waals surface area contributed by atoms with E-state index in [1.54, 1.807) is 6.08 Å². The highest BCUT2D eigenvalue weighted by Gasteiger charge is 2.20. The van der Waals surface area contributed by atoms with Crippen molar-refractivity contribution >= 4 is 13.8 Å². The number of phosphoric ester groups is 1. The summed E-state index contributed by atoms with van der Waals surface area (Å²) >= 11 is 0. The van der Waals surface area contributed by atoms with Gasteiger partial charge in [-0.3, -0.25) is 9.36 Å². The lowest BCUT2D eigenvalue weighted by atomic mass is 10.1. The Hall–Kier alpha value is -1.80. The molecule has 0 saturated carbocycles. The fraction of sp³-hybridized carbons (Fsp3) is 0.725. The molecule has 0 aromatic heterocycles. The summed E-state index contributed by atoms with van der Waals surface area (Å²) in [6, 6.07) is 0. The highest BCUT2D eigenvalue weighted by molar-refractivity contribution is 7.45. The molecule has 2 unspecified atom stereocenters. The molecule has 0 amide bonds. The van der Waals surface area contributed by atoms with Crippen LogP contribution in [-0.2, 0) is 27.9 Å². The summed E-state index contributed by atoms with van der Waals surface area (Å²) in [5, 5.41) is 0. The molecule has 0 bridgehead atoms. The second-order valence-electron chi connectivity index (χ2n) is 13.6. The van der Waals surface area contributed by atoms with E-state index >= 15 is 0 Å². The number of hydrogen-bond acceptors (Lipinski definition) is 7. The Balaban J connectivity index is 4.47. The first kappa shape index (κ1) is 47.2. The molecule has 0 aliphatic heterocycles. The van der Waals surface area contributed by atoms with E-state index in [9.17, 15) is 14.3 Å². The number of unbranched alkanes of at least 4 members (excludes halogenated alkanes) is 11. The number of phosphoric acid groups is 1. The molecule has 9 heteroatoms. The van der Waals surface area contributed by atoms with Crippen LogP contribution in [0.15, 0.2) is 60.8 Å². The first-order valence-electron chi connectivity index (χ1n) is 19.0. The molecule has 0 saturated heterocycles. The fourth-order valence-electron chi connectivity index (χ4n) is 4.68. The number of allylic oxidation sites excluding steroid dienone is 9. The molecular formula is C40H72NO7P. The zero-order valence-electron chi connectivity index (χ0n) is 31.9. The van der Waals surface area contributed by atoms with Crippen molar-refractivity contribution in [3.05, 3.63) is 60.8 Å². The summed E-state index contributed by atoms with van der Waals surface area (Å²) in [5.41, 5.74) is 0. The van der Waals surface area contributed by atoms with Crippen molar-refractivity contribution in [1.29, 1.82) is 0 Å².